The monoisotopic (exact) mass is 214 g/mol. The first-order valence-electron chi connectivity index (χ1n) is 6.24. The van der Waals surface area contributed by atoms with Gasteiger partial charge in [-0.15, -0.1) is 0 Å². The van der Waals surface area contributed by atoms with Crippen molar-refractivity contribution < 1.29 is 0 Å². The van der Waals surface area contributed by atoms with E-state index in [1.54, 1.807) is 0 Å². The fourth-order valence-electron chi connectivity index (χ4n) is 1.43. The Morgan fingerprint density at radius 2 is 1.53 bits per heavy atom. The predicted molar refractivity (Wildman–Crippen MR) is 69.2 cm³/mol. The molecule has 0 aliphatic heterocycles. The van der Waals surface area contributed by atoms with Crippen LogP contribution in [0.1, 0.15) is 41.0 Å². The van der Waals surface area contributed by atoms with Crippen molar-refractivity contribution in [1.29, 1.82) is 0 Å². The van der Waals surface area contributed by atoms with Crippen LogP contribution in [0.3, 0.4) is 0 Å². The van der Waals surface area contributed by atoms with Crippen molar-refractivity contribution in [1.82, 2.24) is 10.2 Å². The third-order valence-corrected chi connectivity index (χ3v) is 3.50. The lowest BCUT2D eigenvalue weighted by Gasteiger charge is -2.25. The van der Waals surface area contributed by atoms with Crippen LogP contribution in [0, 0.1) is 11.8 Å². The van der Waals surface area contributed by atoms with E-state index in [4.69, 9.17) is 0 Å². The van der Waals surface area contributed by atoms with Gasteiger partial charge in [0, 0.05) is 12.1 Å². The highest BCUT2D eigenvalue weighted by atomic mass is 15.1. The Kier molecular flexibility index (Phi) is 7.20. The van der Waals surface area contributed by atoms with Crippen LogP contribution >= 0.6 is 0 Å². The molecule has 0 heterocycles. The third kappa shape index (κ3) is 6.91. The van der Waals surface area contributed by atoms with E-state index in [0.29, 0.717) is 12.1 Å². The Balaban J connectivity index is 3.70. The second-order valence-corrected chi connectivity index (χ2v) is 5.58. The van der Waals surface area contributed by atoms with Gasteiger partial charge >= 0.3 is 0 Å². The smallest absolute Gasteiger partial charge is 0.00755 e. The van der Waals surface area contributed by atoms with Crippen molar-refractivity contribution in [3.05, 3.63) is 0 Å². The average Bonchev–Trinajstić information content (AvgIpc) is 2.13. The lowest BCUT2D eigenvalue weighted by atomic mass is 9.97. The van der Waals surface area contributed by atoms with Crippen molar-refractivity contribution >= 4 is 0 Å². The van der Waals surface area contributed by atoms with Gasteiger partial charge in [0.05, 0.1) is 0 Å². The van der Waals surface area contributed by atoms with Gasteiger partial charge in [-0.3, -0.25) is 0 Å². The zero-order chi connectivity index (χ0) is 12.0. The maximum Gasteiger partial charge on any atom is 0.00755 e. The summed E-state index contributed by atoms with van der Waals surface area (Å²) in [5.41, 5.74) is 0. The second kappa shape index (κ2) is 7.24. The Morgan fingerprint density at radius 3 is 1.93 bits per heavy atom. The molecule has 0 amide bonds. The van der Waals surface area contributed by atoms with E-state index in [2.05, 4.69) is 58.9 Å². The van der Waals surface area contributed by atoms with Crippen LogP contribution in [0.2, 0.25) is 0 Å². The number of hydrogen-bond acceptors (Lipinski definition) is 2. The fourth-order valence-corrected chi connectivity index (χ4v) is 1.43. The van der Waals surface area contributed by atoms with E-state index in [1.807, 2.05) is 0 Å². The molecule has 3 atom stereocenters. The van der Waals surface area contributed by atoms with Gasteiger partial charge in [0.2, 0.25) is 0 Å². The largest absolute Gasteiger partial charge is 0.314 e. The molecular weight excluding hydrogens is 184 g/mol. The lowest BCUT2D eigenvalue weighted by Crippen LogP contribution is -2.37. The van der Waals surface area contributed by atoms with E-state index >= 15 is 0 Å². The van der Waals surface area contributed by atoms with E-state index in [-0.39, 0.29) is 0 Å². The Bertz CT molecular complexity index is 155. The van der Waals surface area contributed by atoms with Gasteiger partial charge < -0.3 is 10.2 Å². The first-order chi connectivity index (χ1) is 6.84. The number of rotatable bonds is 7. The Hall–Kier alpha value is -0.0800. The summed E-state index contributed by atoms with van der Waals surface area (Å²) >= 11 is 0. The van der Waals surface area contributed by atoms with Crippen LogP contribution in [-0.2, 0) is 0 Å². The molecule has 0 bridgehead atoms. The van der Waals surface area contributed by atoms with Crippen LogP contribution in [0.25, 0.3) is 0 Å². The molecule has 0 aromatic carbocycles. The minimum atomic E-state index is 0.614. The van der Waals surface area contributed by atoms with Crippen LogP contribution in [0.5, 0.6) is 0 Å². The zero-order valence-corrected chi connectivity index (χ0v) is 11.7. The van der Waals surface area contributed by atoms with E-state index in [1.165, 1.54) is 6.42 Å². The van der Waals surface area contributed by atoms with Crippen LogP contribution < -0.4 is 5.32 Å². The standard InChI is InChI=1S/C13H30N2/c1-10(2)11(3)9-14-12(4)8-13(5)15(6)7/h10-14H,8-9H2,1-7H3. The van der Waals surface area contributed by atoms with Gasteiger partial charge in [0.1, 0.15) is 0 Å². The summed E-state index contributed by atoms with van der Waals surface area (Å²) in [7, 11) is 4.29. The summed E-state index contributed by atoms with van der Waals surface area (Å²) in [6, 6.07) is 1.27. The quantitative estimate of drug-likeness (QED) is 0.701. The second-order valence-electron chi connectivity index (χ2n) is 5.58. The minimum absolute atomic E-state index is 0.614. The van der Waals surface area contributed by atoms with Crippen molar-refractivity contribution in [2.75, 3.05) is 20.6 Å². The molecule has 0 aromatic heterocycles. The number of nitrogens with zero attached hydrogens (tertiary/aromatic N) is 1. The highest BCUT2D eigenvalue weighted by molar-refractivity contribution is 4.71. The average molecular weight is 214 g/mol. The maximum absolute atomic E-state index is 3.62. The van der Waals surface area contributed by atoms with E-state index in [9.17, 15) is 0 Å². The molecule has 2 nitrogen and oxygen atoms in total. The lowest BCUT2D eigenvalue weighted by molar-refractivity contribution is 0.267. The molecule has 1 N–H and O–H groups in total. The van der Waals surface area contributed by atoms with Gasteiger partial charge in [0.15, 0.2) is 0 Å². The summed E-state index contributed by atoms with van der Waals surface area (Å²) in [4.78, 5) is 2.28. The van der Waals surface area contributed by atoms with Crippen LogP contribution in [0.15, 0.2) is 0 Å². The molecule has 0 rings (SSSR count). The zero-order valence-electron chi connectivity index (χ0n) is 11.7. The first kappa shape index (κ1) is 14.9. The molecule has 0 aliphatic rings. The SMILES string of the molecule is CC(CC(C)N(C)C)NCC(C)C(C)C. The summed E-state index contributed by atoms with van der Waals surface area (Å²) in [6.45, 7) is 12.6. The highest BCUT2D eigenvalue weighted by Gasteiger charge is 2.12. The fraction of sp³-hybridized carbons (Fsp3) is 1.00. The van der Waals surface area contributed by atoms with Gasteiger partial charge in [-0.2, -0.15) is 0 Å². The Labute approximate surface area is 96.4 Å². The van der Waals surface area contributed by atoms with Crippen molar-refractivity contribution in [3.63, 3.8) is 0 Å². The van der Waals surface area contributed by atoms with Gasteiger partial charge in [-0.05, 0) is 52.7 Å². The summed E-state index contributed by atoms with van der Waals surface area (Å²) in [6.07, 6.45) is 1.22. The first-order valence-corrected chi connectivity index (χ1v) is 6.24. The van der Waals surface area contributed by atoms with Crippen molar-refractivity contribution in [2.24, 2.45) is 11.8 Å². The number of hydrogen-bond donors (Lipinski definition) is 1. The number of nitrogens with one attached hydrogen (secondary N) is 1. The molecule has 0 fully saturated rings. The van der Waals surface area contributed by atoms with Crippen LogP contribution in [-0.4, -0.2) is 37.6 Å². The molecule has 0 aromatic rings. The Morgan fingerprint density at radius 1 is 1.00 bits per heavy atom. The molecule has 15 heavy (non-hydrogen) atoms. The molecule has 2 heteroatoms. The highest BCUT2D eigenvalue weighted by Crippen LogP contribution is 2.09. The maximum atomic E-state index is 3.62. The van der Waals surface area contributed by atoms with E-state index < -0.39 is 0 Å². The van der Waals surface area contributed by atoms with Crippen molar-refractivity contribution in [3.8, 4) is 0 Å². The van der Waals surface area contributed by atoms with Gasteiger partial charge in [0.25, 0.3) is 0 Å². The molecule has 92 valence electrons. The normalized spacial score (nSPS) is 18.2. The summed E-state index contributed by atoms with van der Waals surface area (Å²) in [5.74, 6) is 1.54. The summed E-state index contributed by atoms with van der Waals surface area (Å²) < 4.78 is 0. The molecule has 0 spiro atoms. The topological polar surface area (TPSA) is 15.3 Å². The minimum Gasteiger partial charge on any atom is -0.314 e. The molecule has 0 saturated carbocycles. The van der Waals surface area contributed by atoms with Crippen molar-refractivity contribution in [2.45, 2.75) is 53.1 Å². The summed E-state index contributed by atoms with van der Waals surface area (Å²) in [5, 5.41) is 3.62. The molecule has 0 saturated heterocycles. The van der Waals surface area contributed by atoms with Gasteiger partial charge in [-0.1, -0.05) is 20.8 Å². The molecule has 3 unspecified atom stereocenters. The van der Waals surface area contributed by atoms with Gasteiger partial charge in [-0.25, -0.2) is 0 Å². The molecular formula is C13H30N2. The molecule has 0 aliphatic carbocycles. The molecule has 0 radical (unpaired) electrons. The van der Waals surface area contributed by atoms with E-state index in [0.717, 1.165) is 18.4 Å². The predicted octanol–water partition coefficient (Wildman–Crippen LogP) is 2.60. The third-order valence-electron chi connectivity index (χ3n) is 3.50. The van der Waals surface area contributed by atoms with Crippen LogP contribution in [0.4, 0.5) is 0 Å².